The van der Waals surface area contributed by atoms with Crippen LogP contribution in [-0.2, 0) is 4.74 Å². The lowest BCUT2D eigenvalue weighted by Crippen LogP contribution is -2.18. The van der Waals surface area contributed by atoms with Gasteiger partial charge in [0, 0.05) is 11.8 Å². The number of carbonyl (C=O) groups excluding carboxylic acids is 1. The van der Waals surface area contributed by atoms with Crippen molar-refractivity contribution in [3.63, 3.8) is 0 Å². The van der Waals surface area contributed by atoms with Crippen molar-refractivity contribution < 1.29 is 18.7 Å². The van der Waals surface area contributed by atoms with Gasteiger partial charge >= 0.3 is 6.09 Å². The minimum absolute atomic E-state index is 0.172. The molecule has 0 spiro atoms. The van der Waals surface area contributed by atoms with Gasteiger partial charge in [-0.05, 0) is 42.0 Å². The smallest absolute Gasteiger partial charge is 0.407 e. The molecule has 2 heterocycles. The van der Waals surface area contributed by atoms with Crippen LogP contribution in [0.3, 0.4) is 0 Å². The first-order chi connectivity index (χ1) is 14.2. The summed E-state index contributed by atoms with van der Waals surface area (Å²) in [5.74, 6) is 5.97. The second kappa shape index (κ2) is 9.90. The van der Waals surface area contributed by atoms with Crippen LogP contribution >= 0.6 is 0 Å². The fraction of sp³-hybridized carbons (Fsp3) is 0.130. The Bertz CT molecular complexity index is 1030. The predicted octanol–water partition coefficient (Wildman–Crippen LogP) is 4.10. The molecule has 0 bridgehead atoms. The zero-order chi connectivity index (χ0) is 20.5. The number of aromatic nitrogens is 1. The van der Waals surface area contributed by atoms with Gasteiger partial charge in [-0.2, -0.15) is 4.39 Å². The zero-order valence-electron chi connectivity index (χ0n) is 15.8. The van der Waals surface area contributed by atoms with Crippen molar-refractivity contribution in [2.24, 2.45) is 0 Å². The molecule has 1 amide bonds. The van der Waals surface area contributed by atoms with Gasteiger partial charge in [-0.3, -0.25) is 0 Å². The molecule has 3 aromatic rings. The minimum atomic E-state index is -0.586. The largest absolute Gasteiger partial charge is 0.497 e. The van der Waals surface area contributed by atoms with Crippen molar-refractivity contribution in [2.75, 3.05) is 13.7 Å². The summed E-state index contributed by atoms with van der Waals surface area (Å²) in [7, 11) is 1.66. The third-order valence-corrected chi connectivity index (χ3v) is 4.04. The highest BCUT2D eigenvalue weighted by Gasteiger charge is 2.23. The first-order valence-electron chi connectivity index (χ1n) is 8.90. The van der Waals surface area contributed by atoms with Gasteiger partial charge < -0.3 is 14.8 Å². The van der Waals surface area contributed by atoms with Crippen LogP contribution in [0.4, 0.5) is 9.18 Å². The summed E-state index contributed by atoms with van der Waals surface area (Å²) in [4.78, 5) is 14.6. The molecule has 1 aliphatic rings. The molecule has 0 saturated carbocycles. The van der Waals surface area contributed by atoms with E-state index in [4.69, 9.17) is 9.47 Å². The van der Waals surface area contributed by atoms with E-state index in [9.17, 15) is 9.18 Å². The number of carbonyl (C=O) groups is 1. The van der Waals surface area contributed by atoms with Crippen LogP contribution in [0.1, 0.15) is 22.7 Å². The molecule has 6 heteroatoms. The molecule has 1 saturated heterocycles. The van der Waals surface area contributed by atoms with E-state index in [0.29, 0.717) is 6.61 Å². The van der Waals surface area contributed by atoms with Gasteiger partial charge in [0.05, 0.1) is 18.7 Å². The Balaban J connectivity index is 0.000000252. The van der Waals surface area contributed by atoms with Crippen molar-refractivity contribution >= 4 is 6.09 Å². The number of cyclic esters (lactones) is 1. The Morgan fingerprint density at radius 1 is 1.10 bits per heavy atom. The molecule has 1 N–H and O–H groups in total. The molecule has 5 nitrogen and oxygen atoms in total. The van der Waals surface area contributed by atoms with E-state index in [2.05, 4.69) is 22.1 Å². The van der Waals surface area contributed by atoms with Crippen molar-refractivity contribution in [1.82, 2.24) is 10.3 Å². The first-order valence-corrected chi connectivity index (χ1v) is 8.90. The van der Waals surface area contributed by atoms with E-state index in [1.54, 1.807) is 19.2 Å². The number of hydrogen-bond acceptors (Lipinski definition) is 4. The Hall–Kier alpha value is -3.85. The number of amides is 1. The number of benzene rings is 2. The van der Waals surface area contributed by atoms with Gasteiger partial charge in [-0.25, -0.2) is 9.78 Å². The number of rotatable bonds is 2. The van der Waals surface area contributed by atoms with E-state index in [-0.39, 0.29) is 11.6 Å². The minimum Gasteiger partial charge on any atom is -0.497 e. The van der Waals surface area contributed by atoms with E-state index in [1.165, 1.54) is 6.20 Å². The summed E-state index contributed by atoms with van der Waals surface area (Å²) in [6.45, 7) is 0.299. The second-order valence-electron chi connectivity index (χ2n) is 6.03. The molecule has 2 aromatic carbocycles. The number of methoxy groups -OCH3 is 1. The van der Waals surface area contributed by atoms with Crippen molar-refractivity contribution in [1.29, 1.82) is 0 Å². The van der Waals surface area contributed by atoms with E-state index < -0.39 is 12.0 Å². The van der Waals surface area contributed by atoms with Gasteiger partial charge in [0.25, 0.3) is 0 Å². The van der Waals surface area contributed by atoms with Gasteiger partial charge in [-0.1, -0.05) is 42.2 Å². The molecule has 1 aromatic heterocycles. The maximum Gasteiger partial charge on any atom is 0.407 e. The fourth-order valence-corrected chi connectivity index (χ4v) is 2.57. The summed E-state index contributed by atoms with van der Waals surface area (Å²) in [6, 6.07) is 20.1. The van der Waals surface area contributed by atoms with Gasteiger partial charge in [0.15, 0.2) is 0 Å². The maximum absolute atomic E-state index is 13.4. The van der Waals surface area contributed by atoms with E-state index in [0.717, 1.165) is 16.9 Å². The van der Waals surface area contributed by atoms with Crippen LogP contribution in [0.2, 0.25) is 0 Å². The topological polar surface area (TPSA) is 60.5 Å². The van der Waals surface area contributed by atoms with Crippen LogP contribution in [0.5, 0.6) is 5.75 Å². The lowest BCUT2D eigenvalue weighted by Gasteiger charge is -2.07. The molecule has 0 unspecified atom stereocenters. The highest BCUT2D eigenvalue weighted by Crippen LogP contribution is 2.19. The lowest BCUT2D eigenvalue weighted by atomic mass is 10.0. The molecule has 0 aliphatic carbocycles. The van der Waals surface area contributed by atoms with Crippen molar-refractivity contribution in [2.45, 2.75) is 6.04 Å². The van der Waals surface area contributed by atoms with E-state index in [1.807, 2.05) is 54.6 Å². The highest BCUT2D eigenvalue weighted by atomic mass is 19.1. The number of nitrogens with zero attached hydrogens (tertiary/aromatic N) is 1. The third kappa shape index (κ3) is 5.81. The number of alkyl carbamates (subject to hydrolysis) is 1. The molecule has 29 heavy (non-hydrogen) atoms. The Kier molecular flexibility index (Phi) is 6.80. The summed E-state index contributed by atoms with van der Waals surface area (Å²) in [5, 5.41) is 2.70. The molecule has 1 aliphatic heterocycles. The molecule has 146 valence electrons. The standard InChI is InChI=1S/C16H11FN2O2.C7H8O/c17-15-12(5-2-8-18-15)7-6-11-3-1-4-13(9-11)14-10-21-16(20)19-14;1-8-7-5-3-2-4-6-7/h1-5,8-9,14H,10H2,(H,19,20);2-6H,1H3/t14-;/m0./s1. The average molecular weight is 390 g/mol. The molecule has 0 radical (unpaired) electrons. The number of hydrogen-bond donors (Lipinski definition) is 1. The molecule has 4 rings (SSSR count). The third-order valence-electron chi connectivity index (χ3n) is 4.04. The monoisotopic (exact) mass is 390 g/mol. The van der Waals surface area contributed by atoms with Crippen molar-refractivity contribution in [3.8, 4) is 17.6 Å². The molecule has 1 atom stereocenters. The molecule has 1 fully saturated rings. The molecular formula is C23H19FN2O3. The maximum atomic E-state index is 13.4. The summed E-state index contributed by atoms with van der Waals surface area (Å²) in [5.41, 5.74) is 1.89. The molecular weight excluding hydrogens is 371 g/mol. The number of ether oxygens (including phenoxy) is 2. The van der Waals surface area contributed by atoms with Crippen LogP contribution in [0.15, 0.2) is 72.9 Å². The average Bonchev–Trinajstić information content (AvgIpc) is 3.21. The van der Waals surface area contributed by atoms with Gasteiger partial charge in [-0.15, -0.1) is 0 Å². The summed E-state index contributed by atoms with van der Waals surface area (Å²) >= 11 is 0. The number of halogens is 1. The Morgan fingerprint density at radius 2 is 1.93 bits per heavy atom. The van der Waals surface area contributed by atoms with Crippen molar-refractivity contribution in [3.05, 3.63) is 95.6 Å². The Morgan fingerprint density at radius 3 is 2.59 bits per heavy atom. The van der Waals surface area contributed by atoms with E-state index >= 15 is 0 Å². The second-order valence-corrected chi connectivity index (χ2v) is 6.03. The van der Waals surface area contributed by atoms with Crippen LogP contribution < -0.4 is 10.1 Å². The number of pyridine rings is 1. The fourth-order valence-electron chi connectivity index (χ4n) is 2.57. The van der Waals surface area contributed by atoms with Gasteiger partial charge in [0.2, 0.25) is 5.95 Å². The SMILES string of the molecule is COc1ccccc1.O=C1N[C@H](c2cccc(C#Cc3cccnc3F)c2)CO1. The highest BCUT2D eigenvalue weighted by molar-refractivity contribution is 5.70. The Labute approximate surface area is 168 Å². The van der Waals surface area contributed by atoms with Gasteiger partial charge in [0.1, 0.15) is 12.4 Å². The van der Waals surface area contributed by atoms with Crippen LogP contribution in [-0.4, -0.2) is 24.8 Å². The quantitative estimate of drug-likeness (QED) is 0.529. The predicted molar refractivity (Wildman–Crippen MR) is 107 cm³/mol. The summed E-state index contributed by atoms with van der Waals surface area (Å²) in [6.07, 6.45) is 0.957. The number of para-hydroxylation sites is 1. The van der Waals surface area contributed by atoms with Crippen LogP contribution in [0.25, 0.3) is 0 Å². The number of nitrogens with one attached hydrogen (secondary N) is 1. The van der Waals surface area contributed by atoms with Crippen LogP contribution in [0, 0.1) is 17.8 Å². The first kappa shape index (κ1) is 19.9. The lowest BCUT2D eigenvalue weighted by molar-refractivity contribution is 0.177. The summed E-state index contributed by atoms with van der Waals surface area (Å²) < 4.78 is 23.2. The zero-order valence-corrected chi connectivity index (χ0v) is 15.8. The normalized spacial score (nSPS) is 14.4.